The molecule has 4 heteroatoms. The third-order valence-electron chi connectivity index (χ3n) is 17.6. The summed E-state index contributed by atoms with van der Waals surface area (Å²) in [5.41, 5.74) is 23.0. The lowest BCUT2D eigenvalue weighted by atomic mass is 9.33. The highest BCUT2D eigenvalue weighted by Crippen LogP contribution is 2.66. The average Bonchev–Trinajstić information content (AvgIpc) is 3.68. The smallest absolute Gasteiger partial charge is 0.252 e. The molecule has 4 aliphatic heterocycles. The van der Waals surface area contributed by atoms with Crippen LogP contribution in [0.25, 0.3) is 11.1 Å². The Morgan fingerprint density at radius 1 is 0.460 bits per heavy atom. The van der Waals surface area contributed by atoms with Gasteiger partial charge in [-0.2, -0.15) is 0 Å². The Kier molecular flexibility index (Phi) is 7.77. The Morgan fingerprint density at radius 2 is 1.14 bits per heavy atom. The number of rotatable bonds is 4. The average molecular weight is 818 g/mol. The first-order chi connectivity index (χ1) is 30.7. The van der Waals surface area contributed by atoms with Gasteiger partial charge in [0, 0.05) is 50.6 Å². The molecule has 310 valence electrons. The second kappa shape index (κ2) is 13.0. The topological polar surface area (TPSA) is 9.72 Å². The van der Waals surface area contributed by atoms with Crippen LogP contribution < -0.4 is 31.1 Å². The summed E-state index contributed by atoms with van der Waals surface area (Å²) >= 11 is 0. The van der Waals surface area contributed by atoms with Crippen LogP contribution in [-0.4, -0.2) is 17.8 Å². The lowest BCUT2D eigenvalue weighted by Crippen LogP contribution is -2.65. The summed E-state index contributed by atoms with van der Waals surface area (Å²) in [6.45, 7) is 12.4. The normalized spacial score (nSPS) is 25.8. The van der Waals surface area contributed by atoms with Gasteiger partial charge in [-0.3, -0.25) is 0 Å². The van der Waals surface area contributed by atoms with Crippen molar-refractivity contribution in [3.8, 4) is 11.1 Å². The molecule has 2 aliphatic carbocycles. The standard InChI is InChI=1S/C59H56BN3/c1-39-23-27-44(28-24-39)61-51-29-25-40(2)35-49(51)60-48-22-16-21-46-55(48)63(58(5)33-14-15-34-59(46,58)43-19-10-7-11-20-43)53-38-45(37-52(61)54(53)60)62-50-30-26-42(41-17-8-6-9-18-41)36-47(50)56(3)31-12-13-32-57(56,62)4/h6-11,16-30,35-38H,12-15,31-34H2,1-5H3. The number of nitrogens with zero attached hydrogens (tertiary/aromatic N) is 3. The van der Waals surface area contributed by atoms with Crippen LogP contribution in [0, 0.1) is 13.8 Å². The molecule has 0 amide bonds. The Bertz CT molecular complexity index is 3010. The summed E-state index contributed by atoms with van der Waals surface area (Å²) in [4.78, 5) is 8.39. The van der Waals surface area contributed by atoms with E-state index in [0.29, 0.717) is 0 Å². The summed E-state index contributed by atoms with van der Waals surface area (Å²) in [7, 11) is 0. The first kappa shape index (κ1) is 37.5. The molecule has 0 bridgehead atoms. The van der Waals surface area contributed by atoms with Gasteiger partial charge in [-0.25, -0.2) is 0 Å². The molecule has 4 unspecified atom stereocenters. The lowest BCUT2D eigenvalue weighted by molar-refractivity contribution is 0.195. The second-order valence-electron chi connectivity index (χ2n) is 20.6. The van der Waals surface area contributed by atoms with Crippen LogP contribution in [0.2, 0.25) is 0 Å². The third kappa shape index (κ3) is 4.72. The van der Waals surface area contributed by atoms with Crippen molar-refractivity contribution >= 4 is 62.9 Å². The first-order valence-electron chi connectivity index (χ1n) is 23.8. The van der Waals surface area contributed by atoms with Gasteiger partial charge in [-0.15, -0.1) is 0 Å². The Morgan fingerprint density at radius 3 is 1.94 bits per heavy atom. The molecule has 0 radical (unpaired) electrons. The van der Waals surface area contributed by atoms with Gasteiger partial charge >= 0.3 is 0 Å². The molecule has 6 aliphatic rings. The third-order valence-corrected chi connectivity index (χ3v) is 17.6. The van der Waals surface area contributed by atoms with Crippen molar-refractivity contribution in [2.75, 3.05) is 14.7 Å². The zero-order valence-corrected chi connectivity index (χ0v) is 37.5. The van der Waals surface area contributed by atoms with Crippen LogP contribution >= 0.6 is 0 Å². The van der Waals surface area contributed by atoms with Crippen LogP contribution in [0.5, 0.6) is 0 Å². The quantitative estimate of drug-likeness (QED) is 0.164. The van der Waals surface area contributed by atoms with Crippen LogP contribution in [0.4, 0.5) is 39.8 Å². The Labute approximate surface area is 374 Å². The summed E-state index contributed by atoms with van der Waals surface area (Å²) in [6, 6.07) is 59.3. The van der Waals surface area contributed by atoms with Crippen LogP contribution in [0.1, 0.15) is 100.0 Å². The van der Waals surface area contributed by atoms with Gasteiger partial charge in [0.25, 0.3) is 6.71 Å². The molecule has 7 aromatic carbocycles. The van der Waals surface area contributed by atoms with Crippen molar-refractivity contribution in [1.82, 2.24) is 0 Å². The summed E-state index contributed by atoms with van der Waals surface area (Å²) in [5, 5.41) is 0. The molecule has 0 saturated heterocycles. The molecule has 0 spiro atoms. The van der Waals surface area contributed by atoms with Gasteiger partial charge in [0.2, 0.25) is 0 Å². The monoisotopic (exact) mass is 817 g/mol. The van der Waals surface area contributed by atoms with E-state index < -0.39 is 0 Å². The fraction of sp³-hybridized carbons (Fsp3) is 0.288. The first-order valence-corrected chi connectivity index (χ1v) is 23.8. The fourth-order valence-electron chi connectivity index (χ4n) is 14.5. The molecule has 2 saturated carbocycles. The summed E-state index contributed by atoms with van der Waals surface area (Å²) in [5.74, 6) is 0. The van der Waals surface area contributed by atoms with E-state index >= 15 is 0 Å². The molecule has 0 aromatic heterocycles. The van der Waals surface area contributed by atoms with Crippen molar-refractivity contribution in [3.63, 3.8) is 0 Å². The van der Waals surface area contributed by atoms with Crippen LogP contribution in [0.15, 0.2) is 152 Å². The number of hydrogen-bond donors (Lipinski definition) is 0. The van der Waals surface area contributed by atoms with Gasteiger partial charge < -0.3 is 14.7 Å². The van der Waals surface area contributed by atoms with Crippen LogP contribution in [-0.2, 0) is 10.8 Å². The molecular weight excluding hydrogens is 761 g/mol. The van der Waals surface area contributed by atoms with Crippen molar-refractivity contribution in [1.29, 1.82) is 0 Å². The zero-order chi connectivity index (χ0) is 42.5. The SMILES string of the molecule is Cc1ccc(N2c3ccc(C)cc3B3c4cccc5c4N(c4cc(N6c7ccc(-c8ccccc8)cc7C7(C)CCCCC67C)cc2c43)C2(C)CCCCC52c2ccccc2)cc1. The van der Waals surface area contributed by atoms with E-state index in [1.165, 1.54) is 127 Å². The van der Waals surface area contributed by atoms with Gasteiger partial charge in [0.1, 0.15) is 0 Å². The molecule has 3 nitrogen and oxygen atoms in total. The fourth-order valence-corrected chi connectivity index (χ4v) is 14.5. The number of aryl methyl sites for hydroxylation is 2. The molecule has 4 heterocycles. The summed E-state index contributed by atoms with van der Waals surface area (Å²) in [6.07, 6.45) is 9.60. The molecule has 13 rings (SSSR count). The number of hydrogen-bond acceptors (Lipinski definition) is 3. The van der Waals surface area contributed by atoms with Gasteiger partial charge in [-0.1, -0.05) is 153 Å². The van der Waals surface area contributed by atoms with E-state index in [-0.39, 0.29) is 28.6 Å². The zero-order valence-electron chi connectivity index (χ0n) is 37.5. The number of benzene rings is 7. The predicted molar refractivity (Wildman–Crippen MR) is 266 cm³/mol. The molecule has 7 aromatic rings. The molecule has 63 heavy (non-hydrogen) atoms. The number of anilines is 7. The van der Waals surface area contributed by atoms with Gasteiger partial charge in [0.15, 0.2) is 0 Å². The molecular formula is C59H56BN3. The summed E-state index contributed by atoms with van der Waals surface area (Å²) < 4.78 is 0. The van der Waals surface area contributed by atoms with Crippen molar-refractivity contribution in [3.05, 3.63) is 179 Å². The van der Waals surface area contributed by atoms with Crippen LogP contribution in [0.3, 0.4) is 0 Å². The van der Waals surface area contributed by atoms with Gasteiger partial charge in [0.05, 0.1) is 11.1 Å². The highest BCUT2D eigenvalue weighted by molar-refractivity contribution is 7.00. The maximum Gasteiger partial charge on any atom is 0.252 e. The van der Waals surface area contributed by atoms with Crippen molar-refractivity contribution in [2.24, 2.45) is 0 Å². The number of para-hydroxylation sites is 1. The Balaban J connectivity index is 1.14. The maximum atomic E-state index is 2.93. The lowest BCUT2D eigenvalue weighted by Gasteiger charge is -2.54. The minimum Gasteiger partial charge on any atom is -0.335 e. The van der Waals surface area contributed by atoms with E-state index in [1.807, 2.05) is 0 Å². The minimum atomic E-state index is -0.166. The van der Waals surface area contributed by atoms with E-state index in [1.54, 1.807) is 0 Å². The van der Waals surface area contributed by atoms with Crippen molar-refractivity contribution < 1.29 is 0 Å². The maximum absolute atomic E-state index is 2.93. The number of fused-ring (bicyclic) bond motifs is 10. The molecule has 2 fully saturated rings. The van der Waals surface area contributed by atoms with Crippen molar-refractivity contribution in [2.45, 2.75) is 108 Å². The van der Waals surface area contributed by atoms with E-state index in [2.05, 4.69) is 201 Å². The largest absolute Gasteiger partial charge is 0.335 e. The van der Waals surface area contributed by atoms with E-state index in [0.717, 1.165) is 19.3 Å². The highest BCUT2D eigenvalue weighted by Gasteiger charge is 2.64. The molecule has 0 N–H and O–H groups in total. The van der Waals surface area contributed by atoms with E-state index in [4.69, 9.17) is 0 Å². The van der Waals surface area contributed by atoms with E-state index in [9.17, 15) is 0 Å². The molecule has 4 atom stereocenters. The minimum absolute atomic E-state index is 0.00690. The Hall–Kier alpha value is -6.00. The van der Waals surface area contributed by atoms with Gasteiger partial charge in [-0.05, 0) is 140 Å². The second-order valence-corrected chi connectivity index (χ2v) is 20.6. The highest BCUT2D eigenvalue weighted by atomic mass is 15.3. The predicted octanol–water partition coefficient (Wildman–Crippen LogP) is 13.1.